The second-order valence-electron chi connectivity index (χ2n) is 8.83. The van der Waals surface area contributed by atoms with Crippen LogP contribution in [0.15, 0.2) is 83.0 Å². The number of amides is 1. The van der Waals surface area contributed by atoms with Gasteiger partial charge in [-0.25, -0.2) is 0 Å². The molecule has 38 heavy (non-hydrogen) atoms. The maximum absolute atomic E-state index is 13.3. The lowest BCUT2D eigenvalue weighted by atomic mass is 9.95. The number of benzene rings is 3. The highest BCUT2D eigenvalue weighted by molar-refractivity contribution is 9.10. The largest absolute Gasteiger partial charge is 0.507 e. The molecule has 1 aliphatic heterocycles. The molecular formula is C28H22BrN3O6. The number of nitrogens with one attached hydrogen (secondary N) is 1. The van der Waals surface area contributed by atoms with Crippen molar-refractivity contribution in [2.24, 2.45) is 0 Å². The van der Waals surface area contributed by atoms with E-state index in [1.165, 1.54) is 29.2 Å². The summed E-state index contributed by atoms with van der Waals surface area (Å²) in [6.07, 6.45) is 2.31. The lowest BCUT2D eigenvalue weighted by Gasteiger charge is -2.25. The zero-order valence-corrected chi connectivity index (χ0v) is 21.8. The fourth-order valence-corrected chi connectivity index (χ4v) is 5.18. The number of methoxy groups -OCH3 is 1. The van der Waals surface area contributed by atoms with Crippen molar-refractivity contribution in [2.45, 2.75) is 12.5 Å². The minimum absolute atomic E-state index is 0.0671. The zero-order valence-electron chi connectivity index (χ0n) is 20.2. The summed E-state index contributed by atoms with van der Waals surface area (Å²) in [7, 11) is 1.59. The third kappa shape index (κ3) is 4.54. The standard InChI is InChI=1S/C28H22BrN3O6/c1-38-21-9-10-23-22(14-21)18(15-30-23)11-12-31-25(17-3-2-4-19(29)13-17)24(27(34)28(31)35)26(33)16-5-7-20(8-6-16)32(36)37/h2-10,13-15,25,30,33H,11-12H2,1H3/b26-24-. The van der Waals surface area contributed by atoms with Gasteiger partial charge in [-0.1, -0.05) is 28.1 Å². The van der Waals surface area contributed by atoms with Crippen LogP contribution in [0.2, 0.25) is 0 Å². The zero-order chi connectivity index (χ0) is 27.0. The first-order chi connectivity index (χ1) is 18.3. The minimum Gasteiger partial charge on any atom is -0.507 e. The predicted molar refractivity (Wildman–Crippen MR) is 145 cm³/mol. The molecular weight excluding hydrogens is 554 g/mol. The Morgan fingerprint density at radius 1 is 1.13 bits per heavy atom. The van der Waals surface area contributed by atoms with Gasteiger partial charge in [0.1, 0.15) is 11.5 Å². The summed E-state index contributed by atoms with van der Waals surface area (Å²) in [5.74, 6) is -1.22. The summed E-state index contributed by atoms with van der Waals surface area (Å²) in [6.45, 7) is 0.211. The lowest BCUT2D eigenvalue weighted by Crippen LogP contribution is -2.31. The van der Waals surface area contributed by atoms with Crippen molar-refractivity contribution in [3.63, 3.8) is 0 Å². The van der Waals surface area contributed by atoms with E-state index in [0.717, 1.165) is 20.9 Å². The number of aliphatic hydroxyl groups excluding tert-OH is 1. The van der Waals surface area contributed by atoms with E-state index in [1.807, 2.05) is 30.5 Å². The van der Waals surface area contributed by atoms with Crippen LogP contribution in [-0.2, 0) is 16.0 Å². The number of aliphatic hydroxyl groups is 1. The number of fused-ring (bicyclic) bond motifs is 1. The highest BCUT2D eigenvalue weighted by Crippen LogP contribution is 2.40. The summed E-state index contributed by atoms with van der Waals surface area (Å²) in [5, 5.41) is 23.2. The number of aromatic amines is 1. The molecule has 0 aliphatic carbocycles. The molecule has 3 aromatic carbocycles. The number of halogens is 1. The molecule has 0 saturated carbocycles. The highest BCUT2D eigenvalue weighted by atomic mass is 79.9. The molecule has 1 aromatic heterocycles. The number of aromatic nitrogens is 1. The molecule has 9 nitrogen and oxygen atoms in total. The van der Waals surface area contributed by atoms with Crippen LogP contribution in [0.25, 0.3) is 16.7 Å². The second kappa shape index (κ2) is 10.1. The molecule has 1 aliphatic rings. The van der Waals surface area contributed by atoms with Crippen LogP contribution in [0.4, 0.5) is 5.69 Å². The van der Waals surface area contributed by atoms with E-state index in [2.05, 4.69) is 20.9 Å². The van der Waals surface area contributed by atoms with Gasteiger partial charge in [-0.2, -0.15) is 0 Å². The summed E-state index contributed by atoms with van der Waals surface area (Å²) in [4.78, 5) is 41.7. The average molecular weight is 576 g/mol. The number of nitrogens with zero attached hydrogens (tertiary/aromatic N) is 2. The molecule has 1 fully saturated rings. The number of H-pyrrole nitrogens is 1. The molecule has 192 valence electrons. The smallest absolute Gasteiger partial charge is 0.295 e. The monoisotopic (exact) mass is 575 g/mol. The van der Waals surface area contributed by atoms with Gasteiger partial charge in [0.25, 0.3) is 17.4 Å². The first-order valence-electron chi connectivity index (χ1n) is 11.7. The molecule has 2 N–H and O–H groups in total. The van der Waals surface area contributed by atoms with E-state index in [0.29, 0.717) is 17.7 Å². The molecule has 0 radical (unpaired) electrons. The SMILES string of the molecule is COc1ccc2[nH]cc(CCN3C(=O)C(=O)/C(=C(\O)c4ccc([N+](=O)[O-])cc4)C3c3cccc(Br)c3)c2c1. The van der Waals surface area contributed by atoms with Crippen molar-refractivity contribution in [3.8, 4) is 5.75 Å². The quantitative estimate of drug-likeness (QED) is 0.0983. The molecule has 2 heterocycles. The van der Waals surface area contributed by atoms with Gasteiger partial charge in [0, 0.05) is 45.8 Å². The summed E-state index contributed by atoms with van der Waals surface area (Å²) < 4.78 is 6.10. The molecule has 4 aromatic rings. The van der Waals surface area contributed by atoms with Gasteiger partial charge in [0.05, 0.1) is 23.6 Å². The average Bonchev–Trinajstić information content (AvgIpc) is 3.44. The van der Waals surface area contributed by atoms with E-state index in [1.54, 1.807) is 25.3 Å². The van der Waals surface area contributed by atoms with Crippen LogP contribution in [0.3, 0.4) is 0 Å². The van der Waals surface area contributed by atoms with E-state index in [-0.39, 0.29) is 29.1 Å². The van der Waals surface area contributed by atoms with E-state index in [9.17, 15) is 24.8 Å². The van der Waals surface area contributed by atoms with E-state index in [4.69, 9.17) is 4.74 Å². The Morgan fingerprint density at radius 2 is 1.89 bits per heavy atom. The molecule has 5 rings (SSSR count). The Bertz CT molecular complexity index is 1610. The molecule has 1 saturated heterocycles. The number of ketones is 1. The van der Waals surface area contributed by atoms with Gasteiger partial charge in [-0.3, -0.25) is 19.7 Å². The van der Waals surface area contributed by atoms with Gasteiger partial charge >= 0.3 is 0 Å². The molecule has 10 heteroatoms. The van der Waals surface area contributed by atoms with Gasteiger partial charge in [0.2, 0.25) is 0 Å². The summed E-state index contributed by atoms with van der Waals surface area (Å²) in [6, 6.07) is 17.2. The minimum atomic E-state index is -0.845. The van der Waals surface area contributed by atoms with Gasteiger partial charge in [-0.05, 0) is 60.0 Å². The number of Topliss-reactive ketones (excluding diaryl/α,β-unsaturated/α-hetero) is 1. The number of carbonyl (C=O) groups excluding carboxylic acids is 2. The number of hydrogen-bond donors (Lipinski definition) is 2. The number of rotatable bonds is 7. The van der Waals surface area contributed by atoms with Crippen molar-refractivity contribution in [1.29, 1.82) is 0 Å². The molecule has 1 atom stereocenters. The number of nitro groups is 1. The Morgan fingerprint density at radius 3 is 2.58 bits per heavy atom. The van der Waals surface area contributed by atoms with Crippen molar-refractivity contribution >= 4 is 50.0 Å². The van der Waals surface area contributed by atoms with Gasteiger partial charge < -0.3 is 19.7 Å². The van der Waals surface area contributed by atoms with E-state index < -0.39 is 22.7 Å². The molecule has 0 spiro atoms. The summed E-state index contributed by atoms with van der Waals surface area (Å²) >= 11 is 3.45. The normalized spacial score (nSPS) is 16.8. The second-order valence-corrected chi connectivity index (χ2v) is 9.74. The van der Waals surface area contributed by atoms with Gasteiger partial charge in [0.15, 0.2) is 0 Å². The van der Waals surface area contributed by atoms with Crippen LogP contribution in [0.5, 0.6) is 5.75 Å². The van der Waals surface area contributed by atoms with E-state index >= 15 is 0 Å². The number of ether oxygens (including phenoxy) is 1. The van der Waals surface area contributed by atoms with Crippen molar-refractivity contribution < 1.29 is 24.4 Å². The third-order valence-electron chi connectivity index (χ3n) is 6.65. The topological polar surface area (TPSA) is 126 Å². The summed E-state index contributed by atoms with van der Waals surface area (Å²) in [5.41, 5.74) is 2.50. The maximum Gasteiger partial charge on any atom is 0.295 e. The van der Waals surface area contributed by atoms with Crippen LogP contribution in [-0.4, -0.2) is 45.3 Å². The van der Waals surface area contributed by atoms with Crippen LogP contribution >= 0.6 is 15.9 Å². The Kier molecular flexibility index (Phi) is 6.73. The van der Waals surface area contributed by atoms with Crippen molar-refractivity contribution in [1.82, 2.24) is 9.88 Å². The molecule has 1 amide bonds. The van der Waals surface area contributed by atoms with Crippen molar-refractivity contribution in [2.75, 3.05) is 13.7 Å². The highest BCUT2D eigenvalue weighted by Gasteiger charge is 2.46. The van der Waals surface area contributed by atoms with Crippen LogP contribution in [0.1, 0.15) is 22.7 Å². The predicted octanol–water partition coefficient (Wildman–Crippen LogP) is 5.51. The fourth-order valence-electron chi connectivity index (χ4n) is 4.76. The van der Waals surface area contributed by atoms with Crippen LogP contribution < -0.4 is 4.74 Å². The number of carbonyl (C=O) groups is 2. The maximum atomic E-state index is 13.3. The Labute approximate surface area is 225 Å². The molecule has 0 bridgehead atoms. The Hall–Kier alpha value is -4.44. The number of nitro benzene ring substituents is 1. The third-order valence-corrected chi connectivity index (χ3v) is 7.15. The number of hydrogen-bond acceptors (Lipinski definition) is 6. The molecule has 1 unspecified atom stereocenters. The number of non-ortho nitro benzene ring substituents is 1. The fraction of sp³-hybridized carbons (Fsp3) is 0.143. The first kappa shape index (κ1) is 25.2. The Balaban J connectivity index is 1.55. The number of likely N-dealkylation sites (tertiary alicyclic amines) is 1. The first-order valence-corrected chi connectivity index (χ1v) is 12.5. The lowest BCUT2D eigenvalue weighted by molar-refractivity contribution is -0.384. The van der Waals surface area contributed by atoms with Gasteiger partial charge in [-0.15, -0.1) is 0 Å². The van der Waals surface area contributed by atoms with Crippen molar-refractivity contribution in [3.05, 3.63) is 110 Å². The van der Waals surface area contributed by atoms with Crippen LogP contribution in [0, 0.1) is 10.1 Å².